The summed E-state index contributed by atoms with van der Waals surface area (Å²) in [6, 6.07) is 10.4. The predicted octanol–water partition coefficient (Wildman–Crippen LogP) is 4.64. The van der Waals surface area contributed by atoms with E-state index in [1.54, 1.807) is 0 Å². The molecule has 4 aromatic rings. The number of benzene rings is 1. The van der Waals surface area contributed by atoms with Crippen molar-refractivity contribution in [3.8, 4) is 0 Å². The molecule has 160 valence electrons. The first kappa shape index (κ1) is 21.1. The van der Waals surface area contributed by atoms with Crippen LogP contribution in [0.2, 0.25) is 0 Å². The number of fused-ring (bicyclic) bond motifs is 1. The van der Waals surface area contributed by atoms with Crippen molar-refractivity contribution in [3.63, 3.8) is 0 Å². The molecule has 0 saturated heterocycles. The third-order valence-electron chi connectivity index (χ3n) is 5.34. The molecular weight excluding hydrogens is 408 g/mol. The number of anilines is 1. The number of hydrogen-bond acceptors (Lipinski definition) is 6. The molecule has 3 heterocycles. The molecule has 7 nitrogen and oxygen atoms in total. The van der Waals surface area contributed by atoms with Crippen LogP contribution >= 0.6 is 11.3 Å². The topological polar surface area (TPSA) is 85.6 Å². The number of aromatic nitrogens is 5. The molecule has 31 heavy (non-hydrogen) atoms. The number of carbonyl (C=O) groups is 1. The van der Waals surface area contributed by atoms with Crippen molar-refractivity contribution >= 4 is 33.4 Å². The quantitative estimate of drug-likeness (QED) is 0.458. The summed E-state index contributed by atoms with van der Waals surface area (Å²) in [6.45, 7) is 8.26. The number of amides is 1. The van der Waals surface area contributed by atoms with Gasteiger partial charge in [0.1, 0.15) is 5.01 Å². The van der Waals surface area contributed by atoms with E-state index in [0.717, 1.165) is 32.9 Å². The number of carbonyl (C=O) groups excluding carboxylic acids is 1. The Morgan fingerprint density at radius 2 is 1.94 bits per heavy atom. The van der Waals surface area contributed by atoms with E-state index in [4.69, 9.17) is 4.98 Å². The van der Waals surface area contributed by atoms with Crippen LogP contribution in [0.5, 0.6) is 0 Å². The highest BCUT2D eigenvalue weighted by Gasteiger charge is 2.16. The molecule has 1 N–H and O–H groups in total. The van der Waals surface area contributed by atoms with Gasteiger partial charge in [0.05, 0.1) is 6.20 Å². The lowest BCUT2D eigenvalue weighted by molar-refractivity contribution is -0.116. The average Bonchev–Trinajstić information content (AvgIpc) is 3.35. The SMILES string of the molecule is Cc1nc2c(cnn2C(C)C)c(C)c1CCC(=O)Nc1nnc(Cc2ccccc2)s1. The van der Waals surface area contributed by atoms with Crippen molar-refractivity contribution in [1.82, 2.24) is 25.0 Å². The minimum Gasteiger partial charge on any atom is -0.301 e. The second kappa shape index (κ2) is 8.93. The van der Waals surface area contributed by atoms with Gasteiger partial charge in [-0.05, 0) is 50.8 Å². The lowest BCUT2D eigenvalue weighted by Gasteiger charge is -2.12. The van der Waals surface area contributed by atoms with Crippen molar-refractivity contribution in [3.05, 3.63) is 63.9 Å². The van der Waals surface area contributed by atoms with E-state index in [-0.39, 0.29) is 11.9 Å². The Bertz CT molecular complexity index is 1210. The van der Waals surface area contributed by atoms with Crippen LogP contribution in [0.25, 0.3) is 11.0 Å². The average molecular weight is 435 g/mol. The zero-order valence-electron chi connectivity index (χ0n) is 18.2. The van der Waals surface area contributed by atoms with Gasteiger partial charge in [0.2, 0.25) is 11.0 Å². The van der Waals surface area contributed by atoms with Crippen molar-refractivity contribution in [1.29, 1.82) is 0 Å². The van der Waals surface area contributed by atoms with Crippen molar-refractivity contribution in [2.75, 3.05) is 5.32 Å². The molecule has 0 atom stereocenters. The lowest BCUT2D eigenvalue weighted by Crippen LogP contribution is -2.13. The molecule has 0 fully saturated rings. The maximum Gasteiger partial charge on any atom is 0.226 e. The van der Waals surface area contributed by atoms with Gasteiger partial charge in [-0.3, -0.25) is 4.79 Å². The van der Waals surface area contributed by atoms with Gasteiger partial charge in [-0.1, -0.05) is 41.7 Å². The Labute approximate surface area is 185 Å². The first-order chi connectivity index (χ1) is 14.9. The van der Waals surface area contributed by atoms with Gasteiger partial charge in [0.15, 0.2) is 5.65 Å². The Kier molecular flexibility index (Phi) is 6.08. The summed E-state index contributed by atoms with van der Waals surface area (Å²) in [6.07, 6.45) is 3.56. The van der Waals surface area contributed by atoms with Crippen LogP contribution in [-0.4, -0.2) is 30.9 Å². The summed E-state index contributed by atoms with van der Waals surface area (Å²) in [7, 11) is 0. The van der Waals surface area contributed by atoms with Gasteiger partial charge in [0, 0.05) is 30.0 Å². The highest BCUT2D eigenvalue weighted by Crippen LogP contribution is 2.25. The maximum absolute atomic E-state index is 12.5. The van der Waals surface area contributed by atoms with Gasteiger partial charge in [-0.25, -0.2) is 9.67 Å². The van der Waals surface area contributed by atoms with Gasteiger partial charge in [0.25, 0.3) is 0 Å². The Morgan fingerprint density at radius 3 is 2.68 bits per heavy atom. The summed E-state index contributed by atoms with van der Waals surface area (Å²) < 4.78 is 1.94. The fraction of sp³-hybridized carbons (Fsp3) is 0.348. The maximum atomic E-state index is 12.5. The van der Waals surface area contributed by atoms with Crippen LogP contribution in [0.15, 0.2) is 36.5 Å². The van der Waals surface area contributed by atoms with E-state index < -0.39 is 0 Å². The number of nitrogens with zero attached hydrogens (tertiary/aromatic N) is 5. The summed E-state index contributed by atoms with van der Waals surface area (Å²) >= 11 is 1.41. The normalized spacial score (nSPS) is 11.4. The standard InChI is InChI=1S/C23H26N6OS/c1-14(2)29-22-19(13-24-29)15(3)18(16(4)25-22)10-11-20(30)26-23-28-27-21(31-23)12-17-8-6-5-7-9-17/h5-9,13-14H,10-12H2,1-4H3,(H,26,28,30). The zero-order chi connectivity index (χ0) is 22.0. The van der Waals surface area contributed by atoms with Gasteiger partial charge < -0.3 is 5.32 Å². The molecule has 0 bridgehead atoms. The van der Waals surface area contributed by atoms with E-state index in [1.165, 1.54) is 16.9 Å². The third-order valence-corrected chi connectivity index (χ3v) is 6.18. The fourth-order valence-electron chi connectivity index (χ4n) is 3.70. The van der Waals surface area contributed by atoms with Crippen LogP contribution in [0.1, 0.15) is 53.7 Å². The zero-order valence-corrected chi connectivity index (χ0v) is 19.0. The molecule has 4 rings (SSSR count). The molecule has 0 aliphatic carbocycles. The molecule has 0 spiro atoms. The Morgan fingerprint density at radius 1 is 1.16 bits per heavy atom. The molecule has 0 radical (unpaired) electrons. The number of rotatable bonds is 7. The van der Waals surface area contributed by atoms with Crippen molar-refractivity contribution in [2.24, 2.45) is 0 Å². The largest absolute Gasteiger partial charge is 0.301 e. The monoisotopic (exact) mass is 434 g/mol. The molecule has 0 aliphatic heterocycles. The van der Waals surface area contributed by atoms with Crippen LogP contribution in [0.3, 0.4) is 0 Å². The third kappa shape index (κ3) is 4.64. The van der Waals surface area contributed by atoms with Crippen molar-refractivity contribution in [2.45, 2.75) is 53.0 Å². The molecule has 1 amide bonds. The van der Waals surface area contributed by atoms with Crippen LogP contribution in [-0.2, 0) is 17.6 Å². The molecule has 1 aromatic carbocycles. The summed E-state index contributed by atoms with van der Waals surface area (Å²) in [5.74, 6) is -0.0702. The first-order valence-corrected chi connectivity index (χ1v) is 11.2. The number of hydrogen-bond donors (Lipinski definition) is 1. The fourth-order valence-corrected chi connectivity index (χ4v) is 4.49. The highest BCUT2D eigenvalue weighted by molar-refractivity contribution is 7.15. The van der Waals surface area contributed by atoms with Crippen LogP contribution in [0.4, 0.5) is 5.13 Å². The molecule has 3 aromatic heterocycles. The van der Waals surface area contributed by atoms with E-state index in [2.05, 4.69) is 53.5 Å². The number of nitrogens with one attached hydrogen (secondary N) is 1. The molecule has 0 aliphatic rings. The Balaban J connectivity index is 1.41. The van der Waals surface area contributed by atoms with E-state index in [0.29, 0.717) is 24.4 Å². The van der Waals surface area contributed by atoms with E-state index in [1.807, 2.05) is 36.0 Å². The Hall–Kier alpha value is -3.13. The lowest BCUT2D eigenvalue weighted by atomic mass is 10.0. The number of pyridine rings is 1. The van der Waals surface area contributed by atoms with E-state index in [9.17, 15) is 4.79 Å². The summed E-state index contributed by atoms with van der Waals surface area (Å²) in [5, 5.41) is 18.1. The number of aryl methyl sites for hydroxylation is 2. The van der Waals surface area contributed by atoms with Gasteiger partial charge in [-0.15, -0.1) is 10.2 Å². The highest BCUT2D eigenvalue weighted by atomic mass is 32.1. The van der Waals surface area contributed by atoms with Crippen LogP contribution in [0, 0.1) is 13.8 Å². The molecular formula is C23H26N6OS. The second-order valence-corrected chi connectivity index (χ2v) is 8.99. The minimum absolute atomic E-state index is 0.0702. The second-order valence-electron chi connectivity index (χ2n) is 7.93. The smallest absolute Gasteiger partial charge is 0.226 e. The molecule has 0 unspecified atom stereocenters. The molecule has 0 saturated carbocycles. The summed E-state index contributed by atoms with van der Waals surface area (Å²) in [5.41, 5.74) is 5.27. The van der Waals surface area contributed by atoms with Gasteiger partial charge in [-0.2, -0.15) is 5.10 Å². The van der Waals surface area contributed by atoms with Crippen LogP contribution < -0.4 is 5.32 Å². The van der Waals surface area contributed by atoms with Gasteiger partial charge >= 0.3 is 0 Å². The van der Waals surface area contributed by atoms with Crippen molar-refractivity contribution < 1.29 is 4.79 Å². The summed E-state index contributed by atoms with van der Waals surface area (Å²) in [4.78, 5) is 17.3. The molecule has 8 heteroatoms. The van der Waals surface area contributed by atoms with E-state index >= 15 is 0 Å². The minimum atomic E-state index is -0.0702. The predicted molar refractivity (Wildman–Crippen MR) is 123 cm³/mol. The first-order valence-electron chi connectivity index (χ1n) is 10.4.